The summed E-state index contributed by atoms with van der Waals surface area (Å²) >= 11 is 0. The van der Waals surface area contributed by atoms with Gasteiger partial charge in [0.15, 0.2) is 13.2 Å². The molecular formula is C64H70F6N6O10. The quantitative estimate of drug-likeness (QED) is 0.0124. The monoisotopic (exact) mass is 1200 g/mol. The molecule has 0 spiro atoms. The third-order valence-electron chi connectivity index (χ3n) is 12.6. The highest BCUT2D eigenvalue weighted by Crippen LogP contribution is 2.35. The first-order valence-electron chi connectivity index (χ1n) is 27.2. The smallest absolute Gasteiger partial charge is 0.483 e. The minimum atomic E-state index is -5.08. The number of nitrogens with two attached hydrogens (primary N) is 2. The maximum Gasteiger partial charge on any atom is 0.490 e. The van der Waals surface area contributed by atoms with Gasteiger partial charge in [-0.25, -0.2) is 9.59 Å². The molecule has 0 aliphatic heterocycles. The summed E-state index contributed by atoms with van der Waals surface area (Å²) in [5, 5.41) is 26.0. The van der Waals surface area contributed by atoms with Crippen LogP contribution in [0.15, 0.2) is 171 Å². The molecule has 86 heavy (non-hydrogen) atoms. The van der Waals surface area contributed by atoms with Crippen LogP contribution in [-0.4, -0.2) is 96.5 Å². The molecule has 2 atom stereocenters. The van der Waals surface area contributed by atoms with Gasteiger partial charge in [0.05, 0.1) is 0 Å². The number of amides is 4. The van der Waals surface area contributed by atoms with E-state index in [0.29, 0.717) is 89.0 Å². The Hall–Kier alpha value is -9.28. The van der Waals surface area contributed by atoms with Crippen LogP contribution in [0, 0.1) is 0 Å². The predicted molar refractivity (Wildman–Crippen MR) is 315 cm³/mol. The maximum absolute atomic E-state index is 13.5. The number of nitrogens with one attached hydrogen (secondary N) is 4. The van der Waals surface area contributed by atoms with Gasteiger partial charge in [0, 0.05) is 18.7 Å². The molecule has 0 heterocycles. The van der Waals surface area contributed by atoms with Gasteiger partial charge in [-0.2, -0.15) is 26.3 Å². The Bertz CT molecular complexity index is 3120. The molecule has 4 amide bonds. The molecule has 6 aromatic carbocycles. The minimum Gasteiger partial charge on any atom is -0.483 e. The second-order valence-corrected chi connectivity index (χ2v) is 19.2. The number of benzene rings is 6. The number of aliphatic carboxylic acids is 2. The molecule has 0 fully saturated rings. The first kappa shape index (κ1) is 69.2. The van der Waals surface area contributed by atoms with Gasteiger partial charge in [0.1, 0.15) is 23.6 Å². The van der Waals surface area contributed by atoms with Crippen molar-refractivity contribution in [1.29, 1.82) is 0 Å². The SMILES string of the molecule is C=CCc1ccc(OCC(=O)NC(CCCCN)C(=O)NCc2ccc(-c3ccccc3)cc2)c(-c2ccc(OCC(=O)NC(CCCCN)C(=O)NCc3ccc(-c4ccccc4)cc3)c(CC=C)c2)c1.O=C(O)C(F)(F)F.O=C(O)C(F)(F)F. The Kier molecular flexibility index (Phi) is 28.8. The fraction of sp³-hybridized carbons (Fsp3) is 0.281. The van der Waals surface area contributed by atoms with Crippen molar-refractivity contribution in [2.75, 3.05) is 26.3 Å². The summed E-state index contributed by atoms with van der Waals surface area (Å²) < 4.78 is 75.8. The average Bonchev–Trinajstić information content (AvgIpc) is 2.08. The fourth-order valence-corrected chi connectivity index (χ4v) is 8.22. The zero-order valence-corrected chi connectivity index (χ0v) is 47.1. The Morgan fingerprint density at radius 3 is 1.26 bits per heavy atom. The number of rotatable bonds is 29. The highest BCUT2D eigenvalue weighted by molar-refractivity contribution is 5.89. The first-order valence-corrected chi connectivity index (χ1v) is 27.2. The zero-order chi connectivity index (χ0) is 63.1. The van der Waals surface area contributed by atoms with Gasteiger partial charge >= 0.3 is 24.3 Å². The van der Waals surface area contributed by atoms with Gasteiger partial charge in [-0.15, -0.1) is 13.2 Å². The summed E-state index contributed by atoms with van der Waals surface area (Å²) in [7, 11) is 0. The molecule has 0 aromatic heterocycles. The fourth-order valence-electron chi connectivity index (χ4n) is 8.22. The molecule has 6 aromatic rings. The molecule has 458 valence electrons. The predicted octanol–water partition coefficient (Wildman–Crippen LogP) is 10.0. The minimum absolute atomic E-state index is 0.289. The topological polar surface area (TPSA) is 262 Å². The van der Waals surface area contributed by atoms with Crippen LogP contribution in [0.2, 0.25) is 0 Å². The van der Waals surface area contributed by atoms with Crippen LogP contribution in [-0.2, 0) is 54.7 Å². The third-order valence-corrected chi connectivity index (χ3v) is 12.6. The molecular weight excluding hydrogens is 1130 g/mol. The number of ether oxygens (including phenoxy) is 2. The molecule has 10 N–H and O–H groups in total. The molecule has 6 rings (SSSR count). The van der Waals surface area contributed by atoms with E-state index in [1.165, 1.54) is 0 Å². The summed E-state index contributed by atoms with van der Waals surface area (Å²) in [5.41, 5.74) is 21.0. The molecule has 0 aliphatic carbocycles. The van der Waals surface area contributed by atoms with Crippen molar-refractivity contribution in [3.05, 3.63) is 193 Å². The Labute approximate surface area is 494 Å². The van der Waals surface area contributed by atoms with E-state index in [2.05, 4.69) is 58.7 Å². The molecule has 0 aliphatic rings. The van der Waals surface area contributed by atoms with Gasteiger partial charge in [-0.3, -0.25) is 19.2 Å². The summed E-state index contributed by atoms with van der Waals surface area (Å²) in [6.07, 6.45) is -1.99. The van der Waals surface area contributed by atoms with Crippen LogP contribution in [0.1, 0.15) is 60.8 Å². The number of carbonyl (C=O) groups excluding carboxylic acids is 4. The van der Waals surface area contributed by atoms with Crippen molar-refractivity contribution in [3.63, 3.8) is 0 Å². The van der Waals surface area contributed by atoms with Crippen molar-refractivity contribution in [2.24, 2.45) is 11.5 Å². The van der Waals surface area contributed by atoms with E-state index >= 15 is 0 Å². The number of halogens is 6. The normalized spacial score (nSPS) is 11.6. The zero-order valence-electron chi connectivity index (χ0n) is 47.1. The number of carboxylic acid groups (broad SMARTS) is 2. The van der Waals surface area contributed by atoms with E-state index < -0.39 is 48.2 Å². The summed E-state index contributed by atoms with van der Waals surface area (Å²) in [6.45, 7) is 8.77. The molecule has 0 saturated heterocycles. The largest absolute Gasteiger partial charge is 0.490 e. The van der Waals surface area contributed by atoms with Crippen LogP contribution < -0.4 is 42.2 Å². The van der Waals surface area contributed by atoms with E-state index in [-0.39, 0.29) is 25.0 Å². The van der Waals surface area contributed by atoms with E-state index in [0.717, 1.165) is 55.6 Å². The van der Waals surface area contributed by atoms with Gasteiger partial charge in [0.25, 0.3) is 11.8 Å². The third kappa shape index (κ3) is 24.5. The molecule has 22 heteroatoms. The number of hydrogen-bond donors (Lipinski definition) is 8. The number of hydrogen-bond acceptors (Lipinski definition) is 10. The highest BCUT2D eigenvalue weighted by Gasteiger charge is 2.39. The van der Waals surface area contributed by atoms with Gasteiger partial charge in [0.2, 0.25) is 11.8 Å². The van der Waals surface area contributed by atoms with E-state index in [9.17, 15) is 45.5 Å². The number of carbonyl (C=O) groups is 6. The molecule has 0 bridgehead atoms. The lowest BCUT2D eigenvalue weighted by molar-refractivity contribution is -0.193. The number of carboxylic acids is 2. The van der Waals surface area contributed by atoms with Crippen molar-refractivity contribution >= 4 is 35.6 Å². The van der Waals surface area contributed by atoms with E-state index in [4.69, 9.17) is 40.7 Å². The van der Waals surface area contributed by atoms with Gasteiger partial charge in [-0.05, 0) is 139 Å². The molecule has 2 unspecified atom stereocenters. The van der Waals surface area contributed by atoms with Crippen LogP contribution >= 0.6 is 0 Å². The summed E-state index contributed by atoms with van der Waals surface area (Å²) in [5.74, 6) is -6.04. The van der Waals surface area contributed by atoms with E-state index in [1.54, 1.807) is 12.1 Å². The van der Waals surface area contributed by atoms with Crippen LogP contribution in [0.4, 0.5) is 26.3 Å². The van der Waals surface area contributed by atoms with Crippen LogP contribution in [0.5, 0.6) is 11.5 Å². The lowest BCUT2D eigenvalue weighted by Gasteiger charge is -2.20. The standard InChI is InChI=1S/C60H68N6O6.2C2HF3O2/c1-3-15-43-27-33-56(72-42-58(68)66-54(22-12-14-36-62)60(70)64-40-45-25-30-49(31-26-45)47-19-9-6-10-20-47)52(37-43)50-32-34-55(51(38-50)16-4-2)71-41-57(67)65-53(21-11-13-35-61)59(69)63-39-44-23-28-48(29-24-44)46-17-7-5-8-18-46;2*3-2(4,5)1(6)7/h3-10,17-20,23-34,37-38,53-54H,1-2,11-16,21-22,35-36,39-42,61-62H2,(H,63,69)(H,64,70)(H,65,67)(H,66,68);2*(H,6,7). The maximum atomic E-state index is 13.5. The van der Waals surface area contributed by atoms with E-state index in [1.807, 2.05) is 121 Å². The van der Waals surface area contributed by atoms with Crippen LogP contribution in [0.25, 0.3) is 33.4 Å². The van der Waals surface area contributed by atoms with Crippen LogP contribution in [0.3, 0.4) is 0 Å². The number of allylic oxidation sites excluding steroid dienone is 2. The number of alkyl halides is 6. The molecule has 0 saturated carbocycles. The second kappa shape index (κ2) is 35.8. The first-order chi connectivity index (χ1) is 41.1. The lowest BCUT2D eigenvalue weighted by atomic mass is 9.97. The Morgan fingerprint density at radius 2 is 0.860 bits per heavy atom. The van der Waals surface area contributed by atoms with Crippen molar-refractivity contribution < 1.29 is 74.8 Å². The Balaban J connectivity index is 0.00000101. The van der Waals surface area contributed by atoms with Gasteiger partial charge < -0.3 is 52.4 Å². The summed E-state index contributed by atoms with van der Waals surface area (Å²) in [4.78, 5) is 71.7. The van der Waals surface area contributed by atoms with Crippen molar-refractivity contribution in [3.8, 4) is 44.9 Å². The molecule has 16 nitrogen and oxygen atoms in total. The average molecular weight is 1200 g/mol. The second-order valence-electron chi connectivity index (χ2n) is 19.2. The Morgan fingerprint density at radius 1 is 0.488 bits per heavy atom. The highest BCUT2D eigenvalue weighted by atomic mass is 19.4. The summed E-state index contributed by atoms with van der Waals surface area (Å²) in [6, 6.07) is 45.9. The van der Waals surface area contributed by atoms with Gasteiger partial charge in [-0.1, -0.05) is 133 Å². The lowest BCUT2D eigenvalue weighted by Crippen LogP contribution is -2.48. The molecule has 0 radical (unpaired) electrons. The number of unbranched alkanes of at least 4 members (excludes halogenated alkanes) is 2. The van der Waals surface area contributed by atoms with Crippen molar-refractivity contribution in [2.45, 2.75) is 88.9 Å². The van der Waals surface area contributed by atoms with Crippen molar-refractivity contribution in [1.82, 2.24) is 21.3 Å².